The van der Waals surface area contributed by atoms with Crippen LogP contribution < -0.4 is 4.74 Å². The molecular formula is C23H15F2NO3. The largest absolute Gasteiger partial charge is 0.488 e. The minimum atomic E-state index is -0.670. The highest BCUT2D eigenvalue weighted by Gasteiger charge is 2.26. The number of carbonyl (C=O) groups excluding carboxylic acids is 1. The summed E-state index contributed by atoms with van der Waals surface area (Å²) >= 11 is 0. The van der Waals surface area contributed by atoms with Gasteiger partial charge in [-0.3, -0.25) is 0 Å². The van der Waals surface area contributed by atoms with Gasteiger partial charge in [-0.25, -0.2) is 18.6 Å². The number of para-hydroxylation sites is 1. The van der Waals surface area contributed by atoms with E-state index in [4.69, 9.17) is 9.47 Å². The fourth-order valence-electron chi connectivity index (χ4n) is 2.78. The summed E-state index contributed by atoms with van der Waals surface area (Å²) in [6.07, 6.45) is 1.52. The Hall–Kier alpha value is -3.80. The molecule has 0 radical (unpaired) electrons. The third-order valence-electron chi connectivity index (χ3n) is 4.24. The van der Waals surface area contributed by atoms with Crippen molar-refractivity contribution in [2.45, 2.75) is 6.61 Å². The molecule has 0 atom stereocenters. The molecule has 1 heterocycles. The molecule has 0 bridgehead atoms. The van der Waals surface area contributed by atoms with Crippen LogP contribution in [0.5, 0.6) is 5.75 Å². The minimum Gasteiger partial charge on any atom is -0.488 e. The van der Waals surface area contributed by atoms with Gasteiger partial charge in [0.05, 0.1) is 5.56 Å². The first-order valence-corrected chi connectivity index (χ1v) is 8.84. The minimum absolute atomic E-state index is 0.0427. The van der Waals surface area contributed by atoms with Gasteiger partial charge in [0.25, 0.3) is 0 Å². The number of ether oxygens (including phenoxy) is 2. The normalized spacial score (nSPS) is 14.6. The number of rotatable bonds is 5. The van der Waals surface area contributed by atoms with Gasteiger partial charge in [-0.1, -0.05) is 42.5 Å². The van der Waals surface area contributed by atoms with Gasteiger partial charge >= 0.3 is 5.97 Å². The Balaban J connectivity index is 1.58. The van der Waals surface area contributed by atoms with Crippen LogP contribution in [0.15, 0.2) is 83.5 Å². The van der Waals surface area contributed by atoms with Gasteiger partial charge in [0.15, 0.2) is 5.70 Å². The van der Waals surface area contributed by atoms with E-state index in [0.29, 0.717) is 11.3 Å². The van der Waals surface area contributed by atoms with Crippen LogP contribution in [0.25, 0.3) is 6.08 Å². The van der Waals surface area contributed by atoms with Gasteiger partial charge in [0, 0.05) is 5.56 Å². The Kier molecular flexibility index (Phi) is 5.16. The molecule has 0 amide bonds. The molecule has 0 saturated heterocycles. The molecule has 6 heteroatoms. The summed E-state index contributed by atoms with van der Waals surface area (Å²) in [6, 6.07) is 19.0. The summed E-state index contributed by atoms with van der Waals surface area (Å²) in [6.45, 7) is 0.231. The summed E-state index contributed by atoms with van der Waals surface area (Å²) in [7, 11) is 0. The zero-order valence-corrected chi connectivity index (χ0v) is 15.1. The van der Waals surface area contributed by atoms with E-state index in [9.17, 15) is 13.6 Å². The number of hydrogen-bond acceptors (Lipinski definition) is 4. The van der Waals surface area contributed by atoms with Crippen molar-refractivity contribution in [2.75, 3.05) is 0 Å². The van der Waals surface area contributed by atoms with E-state index >= 15 is 0 Å². The van der Waals surface area contributed by atoms with Gasteiger partial charge in [-0.2, -0.15) is 0 Å². The standard InChI is InChI=1S/C23H15F2NO3/c24-17-11-9-15(10-12-17)14-28-21-8-4-1-5-16(21)13-20-23(27)29-22(26-20)18-6-2-3-7-19(18)25/h1-13H,14H2/b20-13+. The van der Waals surface area contributed by atoms with Crippen molar-refractivity contribution >= 4 is 17.9 Å². The van der Waals surface area contributed by atoms with E-state index in [1.807, 2.05) is 0 Å². The number of esters is 1. The van der Waals surface area contributed by atoms with Crippen LogP contribution in [0.2, 0.25) is 0 Å². The Morgan fingerprint density at radius 1 is 0.931 bits per heavy atom. The van der Waals surface area contributed by atoms with Crippen molar-refractivity contribution in [3.05, 3.63) is 107 Å². The molecule has 0 saturated carbocycles. The van der Waals surface area contributed by atoms with E-state index in [2.05, 4.69) is 4.99 Å². The van der Waals surface area contributed by atoms with E-state index in [1.54, 1.807) is 48.5 Å². The number of benzene rings is 3. The maximum Gasteiger partial charge on any atom is 0.363 e. The highest BCUT2D eigenvalue weighted by molar-refractivity contribution is 6.13. The third-order valence-corrected chi connectivity index (χ3v) is 4.24. The average molecular weight is 391 g/mol. The first-order valence-electron chi connectivity index (χ1n) is 8.84. The Labute approximate surface area is 165 Å². The first-order chi connectivity index (χ1) is 14.1. The maximum absolute atomic E-state index is 13.9. The smallest absolute Gasteiger partial charge is 0.363 e. The highest BCUT2D eigenvalue weighted by atomic mass is 19.1. The molecule has 0 unspecified atom stereocenters. The molecule has 1 aliphatic rings. The number of halogens is 2. The van der Waals surface area contributed by atoms with Gasteiger partial charge in [0.2, 0.25) is 5.90 Å². The molecule has 3 aromatic carbocycles. The van der Waals surface area contributed by atoms with Gasteiger partial charge in [-0.15, -0.1) is 0 Å². The van der Waals surface area contributed by atoms with Crippen molar-refractivity contribution in [2.24, 2.45) is 4.99 Å². The first kappa shape index (κ1) is 18.6. The Bertz CT molecular complexity index is 1120. The van der Waals surface area contributed by atoms with Crippen molar-refractivity contribution in [1.29, 1.82) is 0 Å². The fourth-order valence-corrected chi connectivity index (χ4v) is 2.78. The maximum atomic E-state index is 13.9. The zero-order valence-electron chi connectivity index (χ0n) is 15.1. The molecule has 1 aliphatic heterocycles. The Morgan fingerprint density at radius 3 is 2.45 bits per heavy atom. The highest BCUT2D eigenvalue weighted by Crippen LogP contribution is 2.26. The molecule has 144 valence electrons. The lowest BCUT2D eigenvalue weighted by atomic mass is 10.1. The Morgan fingerprint density at radius 2 is 1.66 bits per heavy atom. The van der Waals surface area contributed by atoms with Crippen molar-refractivity contribution in [3.63, 3.8) is 0 Å². The lowest BCUT2D eigenvalue weighted by Gasteiger charge is -2.09. The second-order valence-electron chi connectivity index (χ2n) is 6.27. The molecule has 0 aliphatic carbocycles. The zero-order chi connectivity index (χ0) is 20.2. The predicted molar refractivity (Wildman–Crippen MR) is 104 cm³/mol. The van der Waals surface area contributed by atoms with Crippen LogP contribution >= 0.6 is 0 Å². The monoisotopic (exact) mass is 391 g/mol. The fraction of sp³-hybridized carbons (Fsp3) is 0.0435. The van der Waals surface area contributed by atoms with Gasteiger partial charge in [-0.05, 0) is 42.0 Å². The second kappa shape index (κ2) is 8.06. The van der Waals surface area contributed by atoms with Crippen molar-refractivity contribution in [1.82, 2.24) is 0 Å². The lowest BCUT2D eigenvalue weighted by Crippen LogP contribution is -2.07. The van der Waals surface area contributed by atoms with Crippen LogP contribution in [-0.2, 0) is 16.1 Å². The van der Waals surface area contributed by atoms with Crippen LogP contribution in [0.1, 0.15) is 16.7 Å². The summed E-state index contributed by atoms with van der Waals surface area (Å²) < 4.78 is 37.9. The molecule has 4 nitrogen and oxygen atoms in total. The quantitative estimate of drug-likeness (QED) is 0.460. The van der Waals surface area contributed by atoms with E-state index in [-0.39, 0.29) is 29.6 Å². The van der Waals surface area contributed by atoms with Crippen molar-refractivity contribution in [3.8, 4) is 5.75 Å². The number of nitrogens with zero attached hydrogens (tertiary/aromatic N) is 1. The van der Waals surface area contributed by atoms with Gasteiger partial charge in [0.1, 0.15) is 24.0 Å². The van der Waals surface area contributed by atoms with E-state index in [1.165, 1.54) is 30.3 Å². The molecule has 3 aromatic rings. The number of cyclic esters (lactones) is 1. The van der Waals surface area contributed by atoms with Crippen LogP contribution in [0.4, 0.5) is 8.78 Å². The molecule has 0 aromatic heterocycles. The third kappa shape index (κ3) is 4.21. The molecular weight excluding hydrogens is 376 g/mol. The summed E-state index contributed by atoms with van der Waals surface area (Å²) in [5.74, 6) is -1.07. The van der Waals surface area contributed by atoms with Crippen LogP contribution in [-0.4, -0.2) is 11.9 Å². The molecule has 0 spiro atoms. The van der Waals surface area contributed by atoms with Crippen LogP contribution in [0.3, 0.4) is 0 Å². The predicted octanol–water partition coefficient (Wildman–Crippen LogP) is 4.89. The summed E-state index contributed by atoms with van der Waals surface area (Å²) in [4.78, 5) is 16.3. The van der Waals surface area contributed by atoms with Crippen molar-refractivity contribution < 1.29 is 23.0 Å². The van der Waals surface area contributed by atoms with E-state index < -0.39 is 11.8 Å². The summed E-state index contributed by atoms with van der Waals surface area (Å²) in [5.41, 5.74) is 1.57. The second-order valence-corrected chi connectivity index (χ2v) is 6.27. The SMILES string of the molecule is O=C1OC(c2ccccc2F)=N/C1=C/c1ccccc1OCc1ccc(F)cc1. The van der Waals surface area contributed by atoms with Crippen LogP contribution in [0, 0.1) is 11.6 Å². The molecule has 0 N–H and O–H groups in total. The molecule has 4 rings (SSSR count). The average Bonchev–Trinajstić information content (AvgIpc) is 3.09. The molecule has 29 heavy (non-hydrogen) atoms. The summed E-state index contributed by atoms with van der Waals surface area (Å²) in [5, 5.41) is 0. The lowest BCUT2D eigenvalue weighted by molar-refractivity contribution is -0.129. The topological polar surface area (TPSA) is 47.9 Å². The number of carbonyl (C=O) groups is 1. The molecule has 0 fully saturated rings. The number of hydrogen-bond donors (Lipinski definition) is 0. The van der Waals surface area contributed by atoms with Gasteiger partial charge < -0.3 is 9.47 Å². The number of aliphatic imine (C=N–C) groups is 1. The van der Waals surface area contributed by atoms with E-state index in [0.717, 1.165) is 5.56 Å².